The molecule has 6 heteroatoms. The van der Waals surface area contributed by atoms with E-state index in [1.54, 1.807) is 0 Å². The first kappa shape index (κ1) is 63.3. The average molecular weight is 931 g/mol. The Bertz CT molecular complexity index is 1350. The first-order chi connectivity index (χ1) is 33.0. The van der Waals surface area contributed by atoms with Gasteiger partial charge in [0.15, 0.2) is 6.10 Å². The van der Waals surface area contributed by atoms with Crippen molar-refractivity contribution in [2.45, 2.75) is 258 Å². The zero-order valence-electron chi connectivity index (χ0n) is 43.6. The quantitative estimate of drug-likeness (QED) is 0.0262. The first-order valence-electron chi connectivity index (χ1n) is 27.7. The van der Waals surface area contributed by atoms with Crippen LogP contribution in [0.2, 0.25) is 0 Å². The fraction of sp³-hybridized carbons (Fsp3) is 0.689. The van der Waals surface area contributed by atoms with Gasteiger partial charge in [-0.2, -0.15) is 0 Å². The van der Waals surface area contributed by atoms with Gasteiger partial charge in [0, 0.05) is 19.3 Å². The van der Waals surface area contributed by atoms with E-state index in [0.29, 0.717) is 25.7 Å². The van der Waals surface area contributed by atoms with Crippen molar-refractivity contribution in [2.24, 2.45) is 0 Å². The summed E-state index contributed by atoms with van der Waals surface area (Å²) >= 11 is 0. The SMILES string of the molecule is CC/C=C\C/C=C\C/C=C\C/C=C\CCCCC(=O)OC[C@H](COC(=O)CCC/C=C\C/C=C\C/C=C\CCCCCCCC)OC(=O)CCCCCCCCC/C=C\CCCCCCCC. The fourth-order valence-electron chi connectivity index (χ4n) is 7.38. The molecule has 382 valence electrons. The number of ether oxygens (including phenoxy) is 3. The molecule has 0 aliphatic heterocycles. The lowest BCUT2D eigenvalue weighted by Gasteiger charge is -2.18. The molecule has 0 aliphatic rings. The molecule has 1 atom stereocenters. The van der Waals surface area contributed by atoms with Crippen LogP contribution in [0.3, 0.4) is 0 Å². The van der Waals surface area contributed by atoms with E-state index >= 15 is 0 Å². The van der Waals surface area contributed by atoms with E-state index in [1.165, 1.54) is 122 Å². The first-order valence-corrected chi connectivity index (χ1v) is 27.7. The number of allylic oxidation sites excluding steroid dienone is 16. The van der Waals surface area contributed by atoms with Crippen LogP contribution in [0.5, 0.6) is 0 Å². The fourth-order valence-corrected chi connectivity index (χ4v) is 7.38. The lowest BCUT2D eigenvalue weighted by molar-refractivity contribution is -0.167. The van der Waals surface area contributed by atoms with Crippen molar-refractivity contribution >= 4 is 17.9 Å². The Hall–Kier alpha value is -3.67. The summed E-state index contributed by atoms with van der Waals surface area (Å²) in [4.78, 5) is 38.1. The Morgan fingerprint density at radius 1 is 0.313 bits per heavy atom. The van der Waals surface area contributed by atoms with Crippen molar-refractivity contribution in [3.63, 3.8) is 0 Å². The van der Waals surface area contributed by atoms with Gasteiger partial charge in [-0.05, 0) is 116 Å². The summed E-state index contributed by atoms with van der Waals surface area (Å²) in [5.74, 6) is -1.01. The van der Waals surface area contributed by atoms with Crippen LogP contribution in [0.1, 0.15) is 252 Å². The van der Waals surface area contributed by atoms with Crippen molar-refractivity contribution in [1.29, 1.82) is 0 Å². The second kappa shape index (κ2) is 54.9. The van der Waals surface area contributed by atoms with Gasteiger partial charge in [-0.15, -0.1) is 0 Å². The van der Waals surface area contributed by atoms with Gasteiger partial charge in [0.25, 0.3) is 0 Å². The van der Waals surface area contributed by atoms with E-state index in [4.69, 9.17) is 14.2 Å². The molecule has 0 saturated heterocycles. The second-order valence-electron chi connectivity index (χ2n) is 18.1. The predicted molar refractivity (Wildman–Crippen MR) is 288 cm³/mol. The number of carbonyl (C=O) groups excluding carboxylic acids is 3. The molecule has 0 rings (SSSR count). The number of hydrogen-bond donors (Lipinski definition) is 0. The van der Waals surface area contributed by atoms with Crippen LogP contribution < -0.4 is 0 Å². The largest absolute Gasteiger partial charge is 0.462 e. The van der Waals surface area contributed by atoms with Crippen LogP contribution in [0, 0.1) is 0 Å². The number of hydrogen-bond acceptors (Lipinski definition) is 6. The lowest BCUT2D eigenvalue weighted by Crippen LogP contribution is -2.30. The Labute approximate surface area is 413 Å². The Kier molecular flexibility index (Phi) is 51.9. The van der Waals surface area contributed by atoms with Crippen LogP contribution in [-0.4, -0.2) is 37.2 Å². The van der Waals surface area contributed by atoms with E-state index in [9.17, 15) is 14.4 Å². The van der Waals surface area contributed by atoms with E-state index < -0.39 is 6.10 Å². The molecule has 0 amide bonds. The molecule has 0 bridgehead atoms. The topological polar surface area (TPSA) is 78.9 Å². The second-order valence-corrected chi connectivity index (χ2v) is 18.1. The minimum absolute atomic E-state index is 0.117. The number of rotatable bonds is 49. The summed E-state index contributed by atoms with van der Waals surface area (Å²) in [6, 6.07) is 0. The molecule has 0 aromatic heterocycles. The van der Waals surface area contributed by atoms with Crippen molar-refractivity contribution in [1.82, 2.24) is 0 Å². The molecule has 0 heterocycles. The summed E-state index contributed by atoms with van der Waals surface area (Å²) in [5, 5.41) is 0. The van der Waals surface area contributed by atoms with Crippen LogP contribution in [0.15, 0.2) is 97.2 Å². The smallest absolute Gasteiger partial charge is 0.306 e. The van der Waals surface area contributed by atoms with Crippen molar-refractivity contribution in [3.8, 4) is 0 Å². The summed E-state index contributed by atoms with van der Waals surface area (Å²) < 4.78 is 16.8. The molecule has 0 aromatic rings. The van der Waals surface area contributed by atoms with Crippen molar-refractivity contribution in [3.05, 3.63) is 97.2 Å². The summed E-state index contributed by atoms with van der Waals surface area (Å²) in [6.45, 7) is 6.43. The van der Waals surface area contributed by atoms with Gasteiger partial charge in [0.2, 0.25) is 0 Å². The summed E-state index contributed by atoms with van der Waals surface area (Å²) in [6.07, 6.45) is 72.6. The molecule has 0 aromatic carbocycles. The Morgan fingerprint density at radius 2 is 0.597 bits per heavy atom. The third-order valence-electron chi connectivity index (χ3n) is 11.5. The molecular weight excluding hydrogens is 829 g/mol. The van der Waals surface area contributed by atoms with Gasteiger partial charge < -0.3 is 14.2 Å². The highest BCUT2D eigenvalue weighted by Crippen LogP contribution is 2.14. The molecule has 0 unspecified atom stereocenters. The average Bonchev–Trinajstić information content (AvgIpc) is 3.33. The van der Waals surface area contributed by atoms with Gasteiger partial charge in [-0.25, -0.2) is 0 Å². The van der Waals surface area contributed by atoms with Crippen LogP contribution in [0.25, 0.3) is 0 Å². The zero-order valence-corrected chi connectivity index (χ0v) is 43.6. The molecule has 6 nitrogen and oxygen atoms in total. The molecule has 0 spiro atoms. The third kappa shape index (κ3) is 53.2. The van der Waals surface area contributed by atoms with E-state index in [1.807, 2.05) is 0 Å². The van der Waals surface area contributed by atoms with Crippen LogP contribution in [-0.2, 0) is 28.6 Å². The maximum absolute atomic E-state index is 12.8. The molecule has 0 N–H and O–H groups in total. The predicted octanol–water partition coefficient (Wildman–Crippen LogP) is 18.5. The van der Waals surface area contributed by atoms with E-state index in [0.717, 1.165) is 77.0 Å². The molecule has 0 saturated carbocycles. The monoisotopic (exact) mass is 931 g/mol. The third-order valence-corrected chi connectivity index (χ3v) is 11.5. The van der Waals surface area contributed by atoms with E-state index in [-0.39, 0.29) is 37.5 Å². The molecule has 0 radical (unpaired) electrons. The maximum atomic E-state index is 12.8. The minimum Gasteiger partial charge on any atom is -0.462 e. The molecule has 67 heavy (non-hydrogen) atoms. The molecule has 0 fully saturated rings. The molecule has 0 aliphatic carbocycles. The van der Waals surface area contributed by atoms with Gasteiger partial charge in [-0.3, -0.25) is 14.4 Å². The van der Waals surface area contributed by atoms with Gasteiger partial charge in [0.1, 0.15) is 13.2 Å². The standard InChI is InChI=1S/C61H102O6/c1-4-7-10-13-16-19-22-25-28-30-33-36-39-42-45-48-51-54-60(63)66-57-58(56-65-59(62)53-50-47-44-41-38-35-32-27-24-21-18-15-12-9-6-3)67-61(64)55-52-49-46-43-40-37-34-31-29-26-23-20-17-14-11-8-5-2/h9,12,18,21,25-29,32-33,36,38,41-42,45,58H,4-8,10-11,13-17,19-20,22-24,30-31,34-35,37,39-40,43-44,46-57H2,1-3H3/b12-9-,21-18-,28-25-,29-26-,32-27-,36-33-,41-38-,45-42-/t58-/m1/s1. The number of carbonyl (C=O) groups is 3. The zero-order chi connectivity index (χ0) is 48.6. The van der Waals surface area contributed by atoms with Gasteiger partial charge in [-0.1, -0.05) is 214 Å². The van der Waals surface area contributed by atoms with Crippen molar-refractivity contribution < 1.29 is 28.6 Å². The number of esters is 3. The Balaban J connectivity index is 4.53. The van der Waals surface area contributed by atoms with Crippen LogP contribution >= 0.6 is 0 Å². The highest BCUT2D eigenvalue weighted by Gasteiger charge is 2.19. The summed E-state index contributed by atoms with van der Waals surface area (Å²) in [7, 11) is 0. The van der Waals surface area contributed by atoms with Crippen molar-refractivity contribution in [2.75, 3.05) is 13.2 Å². The van der Waals surface area contributed by atoms with Gasteiger partial charge >= 0.3 is 17.9 Å². The minimum atomic E-state index is -0.818. The maximum Gasteiger partial charge on any atom is 0.306 e. The normalized spacial score (nSPS) is 12.8. The van der Waals surface area contributed by atoms with Crippen LogP contribution in [0.4, 0.5) is 0 Å². The highest BCUT2D eigenvalue weighted by molar-refractivity contribution is 5.71. The Morgan fingerprint density at radius 3 is 1.01 bits per heavy atom. The van der Waals surface area contributed by atoms with Gasteiger partial charge in [0.05, 0.1) is 0 Å². The number of unbranched alkanes of at least 4 members (excludes halogenated alkanes) is 22. The lowest BCUT2D eigenvalue weighted by atomic mass is 10.1. The van der Waals surface area contributed by atoms with E-state index in [2.05, 4.69) is 118 Å². The summed E-state index contributed by atoms with van der Waals surface area (Å²) in [5.41, 5.74) is 0. The highest BCUT2D eigenvalue weighted by atomic mass is 16.6. The molecular formula is C61H102O6.